The Morgan fingerprint density at radius 3 is 1.90 bits per heavy atom. The van der Waals surface area contributed by atoms with Crippen molar-refractivity contribution in [2.75, 3.05) is 10.6 Å². The van der Waals surface area contributed by atoms with E-state index in [0.717, 1.165) is 0 Å². The maximum atomic E-state index is 12.3. The second kappa shape index (κ2) is 6.61. The highest BCUT2D eigenvalue weighted by molar-refractivity contribution is 6.40. The molecule has 2 amide bonds. The van der Waals surface area contributed by atoms with E-state index in [1.807, 2.05) is 0 Å². The van der Waals surface area contributed by atoms with Gasteiger partial charge in [0.15, 0.2) is 0 Å². The van der Waals surface area contributed by atoms with E-state index in [0.29, 0.717) is 11.4 Å². The minimum absolute atomic E-state index is 0.193. The summed E-state index contributed by atoms with van der Waals surface area (Å²) in [6, 6.07) is 11.7. The molecule has 4 nitrogen and oxygen atoms in total. The molecular weight excluding hydrogens is 311 g/mol. The van der Waals surface area contributed by atoms with Crippen molar-refractivity contribution in [2.24, 2.45) is 0 Å². The molecule has 0 bridgehead atoms. The van der Waals surface area contributed by atoms with Crippen molar-refractivity contribution < 1.29 is 9.59 Å². The molecule has 0 aliphatic carbocycles. The molecule has 2 N–H and O–H groups in total. The van der Waals surface area contributed by atoms with Gasteiger partial charge in [0.05, 0.1) is 27.0 Å². The van der Waals surface area contributed by atoms with Crippen LogP contribution in [0.5, 0.6) is 0 Å². The summed E-state index contributed by atoms with van der Waals surface area (Å²) in [5, 5.41) is 5.85. The quantitative estimate of drug-likeness (QED) is 0.889. The normalized spacial score (nSPS) is 10.0. The number of rotatable bonds is 3. The Kier molecular flexibility index (Phi) is 4.83. The first-order valence-corrected chi connectivity index (χ1v) is 6.86. The number of hydrogen-bond acceptors (Lipinski definition) is 2. The minimum atomic E-state index is -0.441. The SMILES string of the molecule is CC(=O)Nc1ccccc1NC(=O)c1c(Cl)cccc1Cl. The van der Waals surface area contributed by atoms with Crippen LogP contribution in [0.3, 0.4) is 0 Å². The Balaban J connectivity index is 2.30. The van der Waals surface area contributed by atoms with Gasteiger partial charge in [0.1, 0.15) is 0 Å². The molecule has 0 fully saturated rings. The fourth-order valence-electron chi connectivity index (χ4n) is 1.79. The van der Waals surface area contributed by atoms with Gasteiger partial charge in [0.2, 0.25) is 5.91 Å². The maximum Gasteiger partial charge on any atom is 0.258 e. The Morgan fingerprint density at radius 1 is 0.857 bits per heavy atom. The van der Waals surface area contributed by atoms with Gasteiger partial charge in [-0.2, -0.15) is 0 Å². The van der Waals surface area contributed by atoms with Crippen molar-refractivity contribution in [2.45, 2.75) is 6.92 Å². The van der Waals surface area contributed by atoms with Crippen LogP contribution < -0.4 is 10.6 Å². The number of amides is 2. The molecule has 0 aliphatic rings. The molecule has 0 saturated heterocycles. The van der Waals surface area contributed by atoms with Gasteiger partial charge in [-0.05, 0) is 24.3 Å². The number of anilines is 2. The smallest absolute Gasteiger partial charge is 0.258 e. The van der Waals surface area contributed by atoms with Gasteiger partial charge in [-0.3, -0.25) is 9.59 Å². The van der Waals surface area contributed by atoms with Gasteiger partial charge in [-0.25, -0.2) is 0 Å². The third-order valence-electron chi connectivity index (χ3n) is 2.68. The average Bonchev–Trinajstić information content (AvgIpc) is 2.40. The molecule has 2 aromatic rings. The Hall–Kier alpha value is -2.04. The van der Waals surface area contributed by atoms with Crippen LogP contribution in [-0.2, 0) is 4.79 Å². The highest BCUT2D eigenvalue weighted by Gasteiger charge is 2.16. The number of nitrogens with one attached hydrogen (secondary N) is 2. The molecule has 0 atom stereocenters. The van der Waals surface area contributed by atoms with Gasteiger partial charge in [0.25, 0.3) is 5.91 Å². The minimum Gasteiger partial charge on any atom is -0.325 e. The molecular formula is C15H12Cl2N2O2. The molecule has 0 spiro atoms. The molecule has 108 valence electrons. The standard InChI is InChI=1S/C15H12Cl2N2O2/c1-9(20)18-12-7-2-3-8-13(12)19-15(21)14-10(16)5-4-6-11(14)17/h2-8H,1H3,(H,18,20)(H,19,21). The second-order valence-electron chi connectivity index (χ2n) is 4.28. The van der Waals surface area contributed by atoms with Crippen molar-refractivity contribution in [1.29, 1.82) is 0 Å². The van der Waals surface area contributed by atoms with E-state index in [1.54, 1.807) is 42.5 Å². The number of carbonyl (C=O) groups excluding carboxylic acids is 2. The van der Waals surface area contributed by atoms with Crippen molar-refractivity contribution in [3.8, 4) is 0 Å². The van der Waals surface area contributed by atoms with Crippen LogP contribution >= 0.6 is 23.2 Å². The van der Waals surface area contributed by atoms with Gasteiger partial charge < -0.3 is 10.6 Å². The van der Waals surface area contributed by atoms with Crippen molar-refractivity contribution in [1.82, 2.24) is 0 Å². The van der Waals surface area contributed by atoms with Crippen LogP contribution in [0.15, 0.2) is 42.5 Å². The summed E-state index contributed by atoms with van der Waals surface area (Å²) in [6.07, 6.45) is 0. The first-order valence-electron chi connectivity index (χ1n) is 6.11. The van der Waals surface area contributed by atoms with Gasteiger partial charge in [-0.15, -0.1) is 0 Å². The molecule has 0 aromatic heterocycles. The first-order chi connectivity index (χ1) is 9.99. The van der Waals surface area contributed by atoms with E-state index in [-0.39, 0.29) is 21.5 Å². The number of hydrogen-bond donors (Lipinski definition) is 2. The van der Waals surface area contributed by atoms with Crippen molar-refractivity contribution >= 4 is 46.4 Å². The summed E-state index contributed by atoms with van der Waals surface area (Å²) in [7, 11) is 0. The van der Waals surface area contributed by atoms with Crippen molar-refractivity contribution in [3.05, 3.63) is 58.1 Å². The lowest BCUT2D eigenvalue weighted by molar-refractivity contribution is -0.114. The maximum absolute atomic E-state index is 12.3. The highest BCUT2D eigenvalue weighted by atomic mass is 35.5. The monoisotopic (exact) mass is 322 g/mol. The predicted octanol–water partition coefficient (Wildman–Crippen LogP) is 4.20. The van der Waals surface area contributed by atoms with E-state index in [2.05, 4.69) is 10.6 Å². The summed E-state index contributed by atoms with van der Waals surface area (Å²) in [5.74, 6) is -0.670. The summed E-state index contributed by atoms with van der Waals surface area (Å²) in [5.41, 5.74) is 1.16. The molecule has 0 heterocycles. The zero-order chi connectivity index (χ0) is 15.4. The molecule has 2 aromatic carbocycles. The van der Waals surface area contributed by atoms with Crippen LogP contribution in [-0.4, -0.2) is 11.8 Å². The van der Waals surface area contributed by atoms with Gasteiger partial charge in [0, 0.05) is 6.92 Å². The van der Waals surface area contributed by atoms with Crippen molar-refractivity contribution in [3.63, 3.8) is 0 Å². The predicted molar refractivity (Wildman–Crippen MR) is 85.2 cm³/mol. The Bertz CT molecular complexity index is 682. The number of carbonyl (C=O) groups is 2. The van der Waals surface area contributed by atoms with E-state index in [4.69, 9.17) is 23.2 Å². The van der Waals surface area contributed by atoms with E-state index in [9.17, 15) is 9.59 Å². The fourth-order valence-corrected chi connectivity index (χ4v) is 2.36. The molecule has 6 heteroatoms. The van der Waals surface area contributed by atoms with Gasteiger partial charge in [-0.1, -0.05) is 41.4 Å². The summed E-state index contributed by atoms with van der Waals surface area (Å²) < 4.78 is 0. The summed E-state index contributed by atoms with van der Waals surface area (Å²) in [4.78, 5) is 23.5. The average molecular weight is 323 g/mol. The zero-order valence-electron chi connectivity index (χ0n) is 11.1. The molecule has 2 rings (SSSR count). The van der Waals surface area contributed by atoms with Crippen LogP contribution in [0.25, 0.3) is 0 Å². The highest BCUT2D eigenvalue weighted by Crippen LogP contribution is 2.27. The third kappa shape index (κ3) is 3.74. The number of benzene rings is 2. The van der Waals surface area contributed by atoms with Crippen LogP contribution in [0.2, 0.25) is 10.0 Å². The van der Waals surface area contributed by atoms with E-state index < -0.39 is 5.91 Å². The lowest BCUT2D eigenvalue weighted by Gasteiger charge is -2.12. The lowest BCUT2D eigenvalue weighted by Crippen LogP contribution is -2.15. The third-order valence-corrected chi connectivity index (χ3v) is 3.31. The fraction of sp³-hybridized carbons (Fsp3) is 0.0667. The zero-order valence-corrected chi connectivity index (χ0v) is 12.6. The number of halogens is 2. The molecule has 0 unspecified atom stereocenters. The lowest BCUT2D eigenvalue weighted by atomic mass is 10.2. The van der Waals surface area contributed by atoms with Crippen LogP contribution in [0.1, 0.15) is 17.3 Å². The van der Waals surface area contributed by atoms with Gasteiger partial charge >= 0.3 is 0 Å². The molecule has 21 heavy (non-hydrogen) atoms. The topological polar surface area (TPSA) is 58.2 Å². The Labute approximate surface area is 132 Å². The summed E-state index contributed by atoms with van der Waals surface area (Å²) in [6.45, 7) is 1.39. The molecule has 0 saturated carbocycles. The van der Waals surface area contributed by atoms with Crippen LogP contribution in [0.4, 0.5) is 11.4 Å². The molecule has 0 radical (unpaired) electrons. The molecule has 0 aliphatic heterocycles. The van der Waals surface area contributed by atoms with E-state index >= 15 is 0 Å². The Morgan fingerprint density at radius 2 is 1.38 bits per heavy atom. The second-order valence-corrected chi connectivity index (χ2v) is 5.09. The van der Waals surface area contributed by atoms with Crippen LogP contribution in [0, 0.1) is 0 Å². The number of para-hydroxylation sites is 2. The summed E-state index contributed by atoms with van der Waals surface area (Å²) >= 11 is 12.0. The first kappa shape index (κ1) is 15.4. The largest absolute Gasteiger partial charge is 0.325 e. The van der Waals surface area contributed by atoms with E-state index in [1.165, 1.54) is 6.92 Å².